The van der Waals surface area contributed by atoms with Gasteiger partial charge < -0.3 is 20.1 Å². The number of hydrogen-bond acceptors (Lipinski definition) is 3. The van der Waals surface area contributed by atoms with Crippen molar-refractivity contribution in [3.05, 3.63) is 35.6 Å². The molecule has 1 atom stereocenters. The van der Waals surface area contributed by atoms with E-state index in [1.807, 2.05) is 26.0 Å². The van der Waals surface area contributed by atoms with Gasteiger partial charge in [-0.05, 0) is 24.5 Å². The van der Waals surface area contributed by atoms with Crippen LogP contribution in [0.15, 0.2) is 29.3 Å². The van der Waals surface area contributed by atoms with Crippen LogP contribution in [0.1, 0.15) is 32.3 Å². The third-order valence-corrected chi connectivity index (χ3v) is 4.66. The molecule has 1 saturated heterocycles. The largest absolute Gasteiger partial charge is 0.381 e. The summed E-state index contributed by atoms with van der Waals surface area (Å²) in [5, 5.41) is 6.56. The van der Waals surface area contributed by atoms with Crippen LogP contribution in [0.5, 0.6) is 0 Å². The zero-order valence-corrected chi connectivity index (χ0v) is 18.9. The van der Waals surface area contributed by atoms with Gasteiger partial charge in [0.1, 0.15) is 5.82 Å². The van der Waals surface area contributed by atoms with Crippen LogP contribution in [-0.4, -0.2) is 52.5 Å². The maximum atomic E-state index is 14.0. The Morgan fingerprint density at radius 1 is 1.33 bits per heavy atom. The number of guanidine groups is 1. The van der Waals surface area contributed by atoms with E-state index < -0.39 is 0 Å². The highest BCUT2D eigenvalue weighted by atomic mass is 127. The summed E-state index contributed by atoms with van der Waals surface area (Å²) >= 11 is 0. The molecule has 0 saturated carbocycles. The molecule has 0 radical (unpaired) electrons. The molecule has 1 aliphatic heterocycles. The molecule has 154 valence electrons. The first-order valence-corrected chi connectivity index (χ1v) is 9.38. The summed E-state index contributed by atoms with van der Waals surface area (Å²) in [6, 6.07) is 6.91. The van der Waals surface area contributed by atoms with Gasteiger partial charge in [0, 0.05) is 44.7 Å². The fraction of sp³-hybridized carbons (Fsp3) is 0.650. The first-order chi connectivity index (χ1) is 12.5. The van der Waals surface area contributed by atoms with Crippen molar-refractivity contribution in [3.8, 4) is 0 Å². The van der Waals surface area contributed by atoms with Gasteiger partial charge in [-0.25, -0.2) is 4.39 Å². The van der Waals surface area contributed by atoms with E-state index in [0.29, 0.717) is 18.0 Å². The Bertz CT molecular complexity index is 578. The van der Waals surface area contributed by atoms with Crippen molar-refractivity contribution in [1.82, 2.24) is 10.6 Å². The maximum absolute atomic E-state index is 14.0. The van der Waals surface area contributed by atoms with Crippen molar-refractivity contribution in [1.29, 1.82) is 0 Å². The van der Waals surface area contributed by atoms with Crippen molar-refractivity contribution < 1.29 is 13.9 Å². The number of rotatable bonds is 9. The molecule has 1 heterocycles. The average Bonchev–Trinajstić information content (AvgIpc) is 3.14. The normalized spacial score (nSPS) is 17.5. The summed E-state index contributed by atoms with van der Waals surface area (Å²) in [5.74, 6) is 1.10. The van der Waals surface area contributed by atoms with Crippen molar-refractivity contribution in [2.45, 2.75) is 32.1 Å². The van der Waals surface area contributed by atoms with E-state index >= 15 is 0 Å². The van der Waals surface area contributed by atoms with Crippen LogP contribution in [0.3, 0.4) is 0 Å². The number of aliphatic imine (C=N–C) groups is 1. The average molecular weight is 493 g/mol. The number of hydrogen-bond donors (Lipinski definition) is 2. The van der Waals surface area contributed by atoms with Gasteiger partial charge in [0.2, 0.25) is 0 Å². The fourth-order valence-electron chi connectivity index (χ4n) is 2.98. The van der Waals surface area contributed by atoms with Gasteiger partial charge >= 0.3 is 0 Å². The van der Waals surface area contributed by atoms with Crippen LogP contribution in [0.25, 0.3) is 0 Å². The molecule has 0 aromatic heterocycles. The van der Waals surface area contributed by atoms with E-state index in [0.717, 1.165) is 51.8 Å². The van der Waals surface area contributed by atoms with E-state index in [1.165, 1.54) is 6.07 Å². The van der Waals surface area contributed by atoms with Gasteiger partial charge in [-0.15, -0.1) is 24.0 Å². The second kappa shape index (κ2) is 12.5. The molecular weight excluding hydrogens is 460 g/mol. The first kappa shape index (κ1) is 24.1. The minimum atomic E-state index is -0.338. The molecule has 27 heavy (non-hydrogen) atoms. The number of benzene rings is 1. The predicted octanol–water partition coefficient (Wildman–Crippen LogP) is 3.33. The molecule has 5 nitrogen and oxygen atoms in total. The molecule has 1 unspecified atom stereocenters. The van der Waals surface area contributed by atoms with Gasteiger partial charge in [0.15, 0.2) is 5.96 Å². The molecule has 1 aliphatic rings. The Labute approximate surface area is 179 Å². The molecule has 0 aliphatic carbocycles. The summed E-state index contributed by atoms with van der Waals surface area (Å²) in [5.41, 5.74) is 0.363. The van der Waals surface area contributed by atoms with Crippen LogP contribution in [0, 0.1) is 11.7 Å². The van der Waals surface area contributed by atoms with Crippen LogP contribution in [0.2, 0.25) is 0 Å². The second-order valence-electron chi connectivity index (χ2n) is 7.37. The van der Waals surface area contributed by atoms with Crippen molar-refractivity contribution in [3.63, 3.8) is 0 Å². The Balaban J connectivity index is 0.00000364. The smallest absolute Gasteiger partial charge is 0.191 e. The summed E-state index contributed by atoms with van der Waals surface area (Å²) in [4.78, 5) is 4.23. The van der Waals surface area contributed by atoms with Crippen molar-refractivity contribution in [2.24, 2.45) is 10.9 Å². The lowest BCUT2D eigenvalue weighted by Gasteiger charge is -2.27. The number of nitrogens with one attached hydrogen (secondary N) is 2. The SMILES string of the molecule is CN=C(NCCCOCC1CCOC1)NCC(C)(C)c1ccccc1F.I. The zero-order chi connectivity index (χ0) is 18.8. The lowest BCUT2D eigenvalue weighted by molar-refractivity contribution is 0.0888. The van der Waals surface area contributed by atoms with Crippen molar-refractivity contribution >= 4 is 29.9 Å². The lowest BCUT2D eigenvalue weighted by Crippen LogP contribution is -2.44. The standard InChI is InChI=1S/C20H32FN3O2.HI/c1-20(2,17-7-4-5-8-18(17)21)15-24-19(22-3)23-10-6-11-25-13-16-9-12-26-14-16;/h4-5,7-8,16H,6,9-15H2,1-3H3,(H2,22,23,24);1H. The summed E-state index contributed by atoms with van der Waals surface area (Å²) < 4.78 is 25.1. The zero-order valence-electron chi connectivity index (χ0n) is 16.6. The number of ether oxygens (including phenoxy) is 2. The molecule has 1 aromatic rings. The summed E-state index contributed by atoms with van der Waals surface area (Å²) in [6.07, 6.45) is 2.01. The Morgan fingerprint density at radius 3 is 2.78 bits per heavy atom. The number of halogens is 2. The number of nitrogens with zero attached hydrogens (tertiary/aromatic N) is 1. The molecule has 2 rings (SSSR count). The first-order valence-electron chi connectivity index (χ1n) is 9.38. The van der Waals surface area contributed by atoms with Crippen LogP contribution in [-0.2, 0) is 14.9 Å². The molecule has 0 bridgehead atoms. The molecular formula is C20H33FIN3O2. The van der Waals surface area contributed by atoms with Crippen LogP contribution in [0.4, 0.5) is 4.39 Å². The molecule has 1 aromatic carbocycles. The summed E-state index contributed by atoms with van der Waals surface area (Å²) in [7, 11) is 1.74. The molecule has 0 spiro atoms. The Hall–Kier alpha value is -0.930. The minimum absolute atomic E-state index is 0. The van der Waals surface area contributed by atoms with E-state index in [9.17, 15) is 4.39 Å². The third kappa shape index (κ3) is 8.31. The topological polar surface area (TPSA) is 54.9 Å². The van der Waals surface area contributed by atoms with E-state index in [-0.39, 0.29) is 35.2 Å². The maximum Gasteiger partial charge on any atom is 0.191 e. The Morgan fingerprint density at radius 2 is 2.11 bits per heavy atom. The minimum Gasteiger partial charge on any atom is -0.381 e. The van der Waals surface area contributed by atoms with Crippen LogP contribution >= 0.6 is 24.0 Å². The molecule has 1 fully saturated rings. The highest BCUT2D eigenvalue weighted by molar-refractivity contribution is 14.0. The fourth-order valence-corrected chi connectivity index (χ4v) is 2.98. The van der Waals surface area contributed by atoms with Gasteiger partial charge in [-0.1, -0.05) is 32.0 Å². The highest BCUT2D eigenvalue weighted by Gasteiger charge is 2.24. The van der Waals surface area contributed by atoms with Crippen LogP contribution < -0.4 is 10.6 Å². The van der Waals surface area contributed by atoms with Gasteiger partial charge in [0.05, 0.1) is 13.2 Å². The molecule has 0 amide bonds. The van der Waals surface area contributed by atoms with E-state index in [2.05, 4.69) is 15.6 Å². The van der Waals surface area contributed by atoms with Gasteiger partial charge in [-0.2, -0.15) is 0 Å². The summed E-state index contributed by atoms with van der Waals surface area (Å²) in [6.45, 7) is 8.60. The lowest BCUT2D eigenvalue weighted by atomic mass is 9.84. The molecule has 2 N–H and O–H groups in total. The van der Waals surface area contributed by atoms with Gasteiger partial charge in [0.25, 0.3) is 0 Å². The second-order valence-corrected chi connectivity index (χ2v) is 7.37. The van der Waals surface area contributed by atoms with Gasteiger partial charge in [-0.3, -0.25) is 4.99 Å². The predicted molar refractivity (Wildman–Crippen MR) is 119 cm³/mol. The monoisotopic (exact) mass is 493 g/mol. The quantitative estimate of drug-likeness (QED) is 0.240. The Kier molecular flexibility index (Phi) is 11.2. The highest BCUT2D eigenvalue weighted by Crippen LogP contribution is 2.24. The third-order valence-electron chi connectivity index (χ3n) is 4.66. The van der Waals surface area contributed by atoms with E-state index in [1.54, 1.807) is 13.1 Å². The van der Waals surface area contributed by atoms with E-state index in [4.69, 9.17) is 9.47 Å². The molecule has 7 heteroatoms. The van der Waals surface area contributed by atoms with Crippen molar-refractivity contribution in [2.75, 3.05) is 46.6 Å².